The van der Waals surface area contributed by atoms with Gasteiger partial charge in [-0.15, -0.1) is 11.3 Å². The van der Waals surface area contributed by atoms with E-state index in [1.54, 1.807) is 11.3 Å². The molecule has 1 aliphatic heterocycles. The number of thiazole rings is 1. The Bertz CT molecular complexity index is 1320. The first-order valence-electron chi connectivity index (χ1n) is 11.4. The normalized spacial score (nSPS) is 14.4. The molecule has 1 fully saturated rings. The minimum atomic E-state index is 0.0547. The largest absolute Gasteiger partial charge is 0.355 e. The van der Waals surface area contributed by atoms with E-state index in [9.17, 15) is 4.79 Å². The van der Waals surface area contributed by atoms with E-state index in [0.717, 1.165) is 58.9 Å². The van der Waals surface area contributed by atoms with E-state index in [1.165, 1.54) is 0 Å². The molecule has 0 atom stereocenters. The van der Waals surface area contributed by atoms with Crippen molar-refractivity contribution >= 4 is 61.8 Å². The number of nitrogens with one attached hydrogen (secondary N) is 2. The second kappa shape index (κ2) is 10.0. The first-order valence-corrected chi connectivity index (χ1v) is 12.6. The van der Waals surface area contributed by atoms with Crippen LogP contribution in [0.2, 0.25) is 5.02 Å². The topological polar surface area (TPSA) is 83.3 Å². The van der Waals surface area contributed by atoms with Crippen molar-refractivity contribution in [1.29, 1.82) is 0 Å². The Morgan fingerprint density at radius 1 is 1.03 bits per heavy atom. The van der Waals surface area contributed by atoms with Crippen LogP contribution in [0.4, 0.5) is 22.7 Å². The van der Waals surface area contributed by atoms with Crippen molar-refractivity contribution < 1.29 is 4.79 Å². The van der Waals surface area contributed by atoms with Gasteiger partial charge in [0.25, 0.3) is 5.91 Å². The van der Waals surface area contributed by atoms with Crippen LogP contribution in [0.15, 0.2) is 66.2 Å². The molecular formula is C26H26ClN5OS. The van der Waals surface area contributed by atoms with Crippen molar-refractivity contribution in [3.63, 3.8) is 0 Å². The average molecular weight is 492 g/mol. The molecule has 5 rings (SSSR count). The number of nitrogens with two attached hydrogens (primary N) is 1. The Morgan fingerprint density at radius 2 is 1.79 bits per heavy atom. The molecule has 1 aromatic heterocycles. The monoisotopic (exact) mass is 491 g/mol. The molecule has 0 aliphatic carbocycles. The number of nitrogens with zero attached hydrogens (tertiary/aromatic N) is 2. The van der Waals surface area contributed by atoms with Gasteiger partial charge in [0.15, 0.2) is 0 Å². The molecule has 3 aromatic carbocycles. The van der Waals surface area contributed by atoms with Gasteiger partial charge < -0.3 is 21.3 Å². The van der Waals surface area contributed by atoms with Crippen LogP contribution in [0.3, 0.4) is 0 Å². The van der Waals surface area contributed by atoms with E-state index >= 15 is 0 Å². The van der Waals surface area contributed by atoms with Crippen molar-refractivity contribution in [2.24, 2.45) is 11.7 Å². The SMILES string of the molecule is NCC1CCN(C(=O)c2cccc(Nc3cc(Nc4ccc5ncsc5c4)ccc3Cl)c2)CC1. The molecule has 34 heavy (non-hydrogen) atoms. The fourth-order valence-corrected chi connectivity index (χ4v) is 5.12. The van der Waals surface area contributed by atoms with Crippen LogP contribution in [0.25, 0.3) is 10.2 Å². The summed E-state index contributed by atoms with van der Waals surface area (Å²) in [5.41, 5.74) is 12.8. The lowest BCUT2D eigenvalue weighted by Gasteiger charge is -2.31. The summed E-state index contributed by atoms with van der Waals surface area (Å²) in [5.74, 6) is 0.572. The second-order valence-corrected chi connectivity index (χ2v) is 9.83. The highest BCUT2D eigenvalue weighted by Crippen LogP contribution is 2.31. The number of fused-ring (bicyclic) bond motifs is 1. The molecule has 0 radical (unpaired) electrons. The Labute approximate surface area is 207 Å². The van der Waals surface area contributed by atoms with Crippen molar-refractivity contribution in [1.82, 2.24) is 9.88 Å². The smallest absolute Gasteiger partial charge is 0.253 e. The fourth-order valence-electron chi connectivity index (χ4n) is 4.24. The van der Waals surface area contributed by atoms with Crippen LogP contribution >= 0.6 is 22.9 Å². The van der Waals surface area contributed by atoms with Gasteiger partial charge in [-0.1, -0.05) is 17.7 Å². The van der Waals surface area contributed by atoms with E-state index in [4.69, 9.17) is 17.3 Å². The number of halogens is 1. The quantitative estimate of drug-likeness (QED) is 0.297. The van der Waals surface area contributed by atoms with E-state index < -0.39 is 0 Å². The summed E-state index contributed by atoms with van der Waals surface area (Å²) in [4.78, 5) is 19.3. The Hall–Kier alpha value is -3.13. The van der Waals surface area contributed by atoms with E-state index in [2.05, 4.69) is 21.7 Å². The van der Waals surface area contributed by atoms with Crippen molar-refractivity contribution in [2.45, 2.75) is 12.8 Å². The Kier molecular flexibility index (Phi) is 6.67. The van der Waals surface area contributed by atoms with E-state index in [-0.39, 0.29) is 5.91 Å². The molecule has 8 heteroatoms. The van der Waals surface area contributed by atoms with Gasteiger partial charge >= 0.3 is 0 Å². The Balaban J connectivity index is 1.30. The van der Waals surface area contributed by atoms with Crippen LogP contribution in [0, 0.1) is 5.92 Å². The number of carbonyl (C=O) groups is 1. The number of anilines is 4. The third kappa shape index (κ3) is 5.01. The Morgan fingerprint density at radius 3 is 2.62 bits per heavy atom. The molecule has 1 amide bonds. The van der Waals surface area contributed by atoms with Gasteiger partial charge in [-0.2, -0.15) is 0 Å². The molecule has 2 heterocycles. The van der Waals surface area contributed by atoms with Gasteiger partial charge in [0.2, 0.25) is 0 Å². The summed E-state index contributed by atoms with van der Waals surface area (Å²) in [6.45, 7) is 2.20. The number of amides is 1. The van der Waals surface area contributed by atoms with Gasteiger partial charge in [-0.25, -0.2) is 4.98 Å². The molecule has 174 valence electrons. The average Bonchev–Trinajstić information content (AvgIpc) is 3.34. The second-order valence-electron chi connectivity index (χ2n) is 8.53. The lowest BCUT2D eigenvalue weighted by Crippen LogP contribution is -2.40. The highest BCUT2D eigenvalue weighted by atomic mass is 35.5. The zero-order chi connectivity index (χ0) is 23.5. The lowest BCUT2D eigenvalue weighted by atomic mass is 9.96. The lowest BCUT2D eigenvalue weighted by molar-refractivity contribution is 0.0693. The highest BCUT2D eigenvalue weighted by molar-refractivity contribution is 7.16. The molecular weight excluding hydrogens is 466 g/mol. The summed E-state index contributed by atoms with van der Waals surface area (Å²) < 4.78 is 1.13. The summed E-state index contributed by atoms with van der Waals surface area (Å²) in [7, 11) is 0. The number of likely N-dealkylation sites (tertiary alicyclic amines) is 1. The number of aromatic nitrogens is 1. The van der Waals surface area contributed by atoms with Gasteiger partial charge in [-0.05, 0) is 79.9 Å². The minimum Gasteiger partial charge on any atom is -0.355 e. The van der Waals surface area contributed by atoms with Crippen LogP contribution in [0.5, 0.6) is 0 Å². The molecule has 0 saturated carbocycles. The standard InChI is InChI=1S/C26H26ClN5OS/c27-22-6-4-20(30-21-5-7-23-25(14-21)34-16-29-23)13-24(22)31-19-3-1-2-18(12-19)26(33)32-10-8-17(15-28)9-11-32/h1-7,12-14,16-17,30-31H,8-11,15,28H2. The summed E-state index contributed by atoms with van der Waals surface area (Å²) in [5, 5.41) is 7.40. The third-order valence-electron chi connectivity index (χ3n) is 6.21. The highest BCUT2D eigenvalue weighted by Gasteiger charge is 2.23. The summed E-state index contributed by atoms with van der Waals surface area (Å²) in [6.07, 6.45) is 1.93. The van der Waals surface area contributed by atoms with E-state index in [0.29, 0.717) is 23.0 Å². The molecule has 0 bridgehead atoms. The maximum absolute atomic E-state index is 13.0. The molecule has 4 aromatic rings. The molecule has 6 nitrogen and oxygen atoms in total. The van der Waals surface area contributed by atoms with Gasteiger partial charge in [0.1, 0.15) is 0 Å². The van der Waals surface area contributed by atoms with Crippen LogP contribution < -0.4 is 16.4 Å². The molecule has 0 unspecified atom stereocenters. The number of carbonyl (C=O) groups excluding carboxylic acids is 1. The fraction of sp³-hybridized carbons (Fsp3) is 0.231. The predicted molar refractivity (Wildman–Crippen MR) is 142 cm³/mol. The maximum atomic E-state index is 13.0. The zero-order valence-corrected chi connectivity index (χ0v) is 20.2. The minimum absolute atomic E-state index is 0.0547. The zero-order valence-electron chi connectivity index (χ0n) is 18.6. The maximum Gasteiger partial charge on any atom is 0.253 e. The number of rotatable bonds is 6. The first kappa shape index (κ1) is 22.7. The number of hydrogen-bond acceptors (Lipinski definition) is 6. The van der Waals surface area contributed by atoms with E-state index in [1.807, 2.05) is 65.0 Å². The van der Waals surface area contributed by atoms with Gasteiger partial charge in [0.05, 0.1) is 26.4 Å². The van der Waals surface area contributed by atoms with Crippen molar-refractivity contribution in [3.05, 3.63) is 76.8 Å². The van der Waals surface area contributed by atoms with Crippen LogP contribution in [-0.2, 0) is 0 Å². The van der Waals surface area contributed by atoms with Crippen LogP contribution in [0.1, 0.15) is 23.2 Å². The summed E-state index contributed by atoms with van der Waals surface area (Å²) >= 11 is 8.10. The first-order chi connectivity index (χ1) is 16.6. The molecule has 1 saturated heterocycles. The van der Waals surface area contributed by atoms with Crippen molar-refractivity contribution in [2.75, 3.05) is 30.3 Å². The van der Waals surface area contributed by atoms with Gasteiger partial charge in [-0.3, -0.25) is 4.79 Å². The number of piperidine rings is 1. The van der Waals surface area contributed by atoms with Crippen LogP contribution in [-0.4, -0.2) is 35.4 Å². The number of benzene rings is 3. The van der Waals surface area contributed by atoms with Gasteiger partial charge in [0, 0.05) is 35.7 Å². The number of hydrogen-bond donors (Lipinski definition) is 3. The summed E-state index contributed by atoms with van der Waals surface area (Å²) in [6, 6.07) is 19.4. The molecule has 1 aliphatic rings. The third-order valence-corrected chi connectivity index (χ3v) is 7.33. The molecule has 4 N–H and O–H groups in total. The van der Waals surface area contributed by atoms with Crippen molar-refractivity contribution in [3.8, 4) is 0 Å². The molecule has 0 spiro atoms. The predicted octanol–water partition coefficient (Wildman–Crippen LogP) is 6.25.